The Morgan fingerprint density at radius 1 is 0.837 bits per heavy atom. The van der Waals surface area contributed by atoms with Crippen LogP contribution >= 0.6 is 15.9 Å². The number of benzene rings is 4. The highest BCUT2D eigenvalue weighted by Gasteiger charge is 2.68. The number of non-ortho nitro benzene ring substituents is 1. The summed E-state index contributed by atoms with van der Waals surface area (Å²) in [6.45, 7) is 0. The molecule has 212 valence electrons. The Bertz CT molecular complexity index is 1860. The summed E-state index contributed by atoms with van der Waals surface area (Å²) in [5.41, 5.74) is 4.42. The molecule has 0 radical (unpaired) electrons. The van der Waals surface area contributed by atoms with E-state index in [-0.39, 0.29) is 23.4 Å². The molecule has 0 spiro atoms. The van der Waals surface area contributed by atoms with E-state index in [0.29, 0.717) is 5.69 Å². The van der Waals surface area contributed by atoms with Crippen molar-refractivity contribution in [3.8, 4) is 0 Å². The van der Waals surface area contributed by atoms with Gasteiger partial charge in [0.05, 0.1) is 38.9 Å². The number of carbonyl (C=O) groups is 2. The zero-order chi connectivity index (χ0) is 30.0. The number of hydrogen-bond donors (Lipinski definition) is 1. The highest BCUT2D eigenvalue weighted by atomic mass is 79.9. The minimum atomic E-state index is -1.19. The van der Waals surface area contributed by atoms with Crippen molar-refractivity contribution in [1.29, 1.82) is 0 Å². The third kappa shape index (κ3) is 3.76. The van der Waals surface area contributed by atoms with Gasteiger partial charge in [0, 0.05) is 22.7 Å². The Morgan fingerprint density at radius 2 is 1.47 bits per heavy atom. The zero-order valence-corrected chi connectivity index (χ0v) is 23.7. The molecular weight excluding hydrogens is 618 g/mol. The molecule has 1 N–H and O–H groups in total. The molecule has 2 amide bonds. The lowest BCUT2D eigenvalue weighted by Crippen LogP contribution is -2.54. The molecule has 1 heterocycles. The van der Waals surface area contributed by atoms with Crippen molar-refractivity contribution in [2.45, 2.75) is 11.3 Å². The maximum Gasteiger partial charge on any atom is 0.301 e. The van der Waals surface area contributed by atoms with Gasteiger partial charge in [-0.3, -0.25) is 35.2 Å². The van der Waals surface area contributed by atoms with Crippen molar-refractivity contribution in [1.82, 2.24) is 0 Å². The largest absolute Gasteiger partial charge is 0.301 e. The molecule has 3 aliphatic carbocycles. The second-order valence-electron chi connectivity index (χ2n) is 10.6. The highest BCUT2D eigenvalue weighted by molar-refractivity contribution is 9.10. The second kappa shape index (κ2) is 9.66. The molecule has 8 rings (SSSR count). The third-order valence-corrected chi connectivity index (χ3v) is 9.14. The lowest BCUT2D eigenvalue weighted by atomic mass is 9.47. The van der Waals surface area contributed by atoms with Gasteiger partial charge in [0.2, 0.25) is 11.8 Å². The number of hydrazone groups is 1. The third-order valence-electron chi connectivity index (χ3n) is 8.61. The molecule has 1 saturated heterocycles. The van der Waals surface area contributed by atoms with Gasteiger partial charge in [0.15, 0.2) is 0 Å². The Morgan fingerprint density at radius 3 is 2.07 bits per heavy atom. The number of nitrogens with zero attached hydrogens (tertiary/aromatic N) is 4. The first kappa shape index (κ1) is 26.7. The smallest absolute Gasteiger partial charge is 0.274 e. The van der Waals surface area contributed by atoms with Crippen LogP contribution in [0.1, 0.15) is 28.2 Å². The minimum absolute atomic E-state index is 0.0591. The second-order valence-corrected chi connectivity index (χ2v) is 11.5. The molecular formula is C31H20BrN5O6. The molecule has 43 heavy (non-hydrogen) atoms. The average molecular weight is 638 g/mol. The Labute approximate surface area is 252 Å². The van der Waals surface area contributed by atoms with Crippen molar-refractivity contribution in [3.05, 3.63) is 138 Å². The summed E-state index contributed by atoms with van der Waals surface area (Å²) < 4.78 is 0.808. The lowest BCUT2D eigenvalue weighted by molar-refractivity contribution is -0.393. The molecule has 12 heteroatoms. The fourth-order valence-electron chi connectivity index (χ4n) is 6.98. The van der Waals surface area contributed by atoms with Gasteiger partial charge in [0.25, 0.3) is 5.69 Å². The molecule has 0 aromatic heterocycles. The van der Waals surface area contributed by atoms with Crippen LogP contribution in [0.25, 0.3) is 0 Å². The van der Waals surface area contributed by atoms with Gasteiger partial charge in [-0.2, -0.15) is 5.10 Å². The molecule has 1 aliphatic heterocycles. The van der Waals surface area contributed by atoms with Crippen LogP contribution in [0.2, 0.25) is 0 Å². The molecule has 2 bridgehead atoms. The number of carbonyl (C=O) groups excluding carboxylic acids is 2. The van der Waals surface area contributed by atoms with Gasteiger partial charge in [-0.15, -0.1) is 0 Å². The van der Waals surface area contributed by atoms with Crippen LogP contribution in [-0.2, 0) is 15.0 Å². The number of nitro groups is 2. The number of nitro benzene ring substituents is 2. The number of imide groups is 1. The molecule has 0 unspecified atom stereocenters. The van der Waals surface area contributed by atoms with Crippen LogP contribution in [0, 0.1) is 32.1 Å². The SMILES string of the molecule is O=C1[C@H]2C3c4ccccc4C(/C=N\Nc4ccc([N+](=O)[O-])cc4[N+](=O)[O-])(c4ccccc43)[C@H]2C(=O)N1c1ccc(Br)cc1. The fraction of sp³-hybridized carbons (Fsp3) is 0.129. The summed E-state index contributed by atoms with van der Waals surface area (Å²) in [7, 11) is 0. The van der Waals surface area contributed by atoms with E-state index in [2.05, 4.69) is 26.5 Å². The Hall–Kier alpha value is -5.23. The van der Waals surface area contributed by atoms with Gasteiger partial charge < -0.3 is 0 Å². The van der Waals surface area contributed by atoms with Crippen LogP contribution in [0.3, 0.4) is 0 Å². The number of rotatable bonds is 6. The number of amides is 2. The van der Waals surface area contributed by atoms with Crippen molar-refractivity contribution in [3.63, 3.8) is 0 Å². The number of anilines is 2. The molecule has 4 aromatic carbocycles. The van der Waals surface area contributed by atoms with Crippen LogP contribution in [0.4, 0.5) is 22.7 Å². The van der Waals surface area contributed by atoms with E-state index in [0.717, 1.165) is 38.9 Å². The fourth-order valence-corrected chi connectivity index (χ4v) is 7.24. The first-order valence-corrected chi connectivity index (χ1v) is 14.1. The van der Waals surface area contributed by atoms with Crippen LogP contribution in [-0.4, -0.2) is 27.9 Å². The highest BCUT2D eigenvalue weighted by Crippen LogP contribution is 2.63. The summed E-state index contributed by atoms with van der Waals surface area (Å²) in [6.07, 6.45) is 1.55. The molecule has 4 aliphatic rings. The van der Waals surface area contributed by atoms with Crippen LogP contribution in [0.15, 0.2) is 101 Å². The average Bonchev–Trinajstić information content (AvgIpc) is 3.28. The Balaban J connectivity index is 1.41. The van der Waals surface area contributed by atoms with Gasteiger partial charge in [-0.1, -0.05) is 64.5 Å². The first-order chi connectivity index (χ1) is 20.7. The quantitative estimate of drug-likeness (QED) is 0.119. The normalized spacial score (nSPS) is 23.2. The van der Waals surface area contributed by atoms with Crippen molar-refractivity contribution in [2.75, 3.05) is 10.3 Å². The van der Waals surface area contributed by atoms with Crippen LogP contribution in [0.5, 0.6) is 0 Å². The van der Waals surface area contributed by atoms with Crippen LogP contribution < -0.4 is 10.3 Å². The summed E-state index contributed by atoms with van der Waals surface area (Å²) in [5.74, 6) is -2.56. The molecule has 0 saturated carbocycles. The van der Waals surface area contributed by atoms with E-state index >= 15 is 0 Å². The monoisotopic (exact) mass is 637 g/mol. The Kier molecular flexibility index (Phi) is 5.99. The predicted octanol–water partition coefficient (Wildman–Crippen LogP) is 5.91. The van der Waals surface area contributed by atoms with Gasteiger partial charge in [0.1, 0.15) is 5.69 Å². The standard InChI is InChI=1S/C31H20BrN5O6/c32-17-9-11-18(12-10-17)35-29(38)27-26-20-5-1-3-7-22(20)31(28(27)30(35)39,23-8-4-2-6-21(23)26)16-33-34-24-14-13-19(36(40)41)15-25(24)37(42)43/h1-16,26-28,34H/b33-16-/t26?,27-,28+,31?/m0/s1. The van der Waals surface area contributed by atoms with E-state index in [1.54, 1.807) is 30.5 Å². The first-order valence-electron chi connectivity index (χ1n) is 13.3. The zero-order valence-electron chi connectivity index (χ0n) is 22.1. The van der Waals surface area contributed by atoms with Gasteiger partial charge in [-0.25, -0.2) is 4.90 Å². The summed E-state index contributed by atoms with van der Waals surface area (Å²) in [5, 5.41) is 27.4. The maximum absolute atomic E-state index is 14.4. The van der Waals surface area contributed by atoms with E-state index in [1.165, 1.54) is 11.0 Å². The minimum Gasteiger partial charge on any atom is -0.274 e. The van der Waals surface area contributed by atoms with Crippen molar-refractivity contribution >= 4 is 56.7 Å². The number of nitrogens with one attached hydrogen (secondary N) is 1. The lowest BCUT2D eigenvalue weighted by Gasteiger charge is -2.52. The molecule has 4 aromatic rings. The van der Waals surface area contributed by atoms with Gasteiger partial charge >= 0.3 is 5.69 Å². The number of halogens is 1. The summed E-state index contributed by atoms with van der Waals surface area (Å²) in [4.78, 5) is 51.3. The topological polar surface area (TPSA) is 148 Å². The van der Waals surface area contributed by atoms with E-state index in [1.807, 2.05) is 48.5 Å². The molecule has 11 nitrogen and oxygen atoms in total. The van der Waals surface area contributed by atoms with Gasteiger partial charge in [-0.05, 0) is 52.6 Å². The van der Waals surface area contributed by atoms with E-state index in [9.17, 15) is 29.8 Å². The number of hydrogen-bond acceptors (Lipinski definition) is 8. The van der Waals surface area contributed by atoms with Crippen molar-refractivity contribution in [2.24, 2.45) is 16.9 Å². The maximum atomic E-state index is 14.4. The molecule has 2 atom stereocenters. The van der Waals surface area contributed by atoms with E-state index in [4.69, 9.17) is 0 Å². The van der Waals surface area contributed by atoms with Crippen molar-refractivity contribution < 1.29 is 19.4 Å². The summed E-state index contributed by atoms with van der Waals surface area (Å²) >= 11 is 3.41. The molecule has 1 fully saturated rings. The summed E-state index contributed by atoms with van der Waals surface area (Å²) in [6, 6.07) is 25.5. The van der Waals surface area contributed by atoms with E-state index < -0.39 is 38.5 Å². The predicted molar refractivity (Wildman–Crippen MR) is 161 cm³/mol.